The zero-order valence-corrected chi connectivity index (χ0v) is 8.86. The van der Waals surface area contributed by atoms with Gasteiger partial charge < -0.3 is 9.84 Å². The van der Waals surface area contributed by atoms with E-state index in [9.17, 15) is 0 Å². The largest absolute Gasteiger partial charge is 0.508 e. The second kappa shape index (κ2) is 5.66. The first kappa shape index (κ1) is 11.1. The van der Waals surface area contributed by atoms with Gasteiger partial charge in [0.2, 0.25) is 0 Å². The fourth-order valence-corrected chi connectivity index (χ4v) is 1.30. The minimum Gasteiger partial charge on any atom is -0.508 e. The van der Waals surface area contributed by atoms with E-state index in [2.05, 4.69) is 13.8 Å². The maximum Gasteiger partial charge on any atom is 0.115 e. The lowest BCUT2D eigenvalue weighted by molar-refractivity contribution is 0.124. The third-order valence-corrected chi connectivity index (χ3v) is 2.18. The van der Waals surface area contributed by atoms with Crippen LogP contribution in [0.15, 0.2) is 24.3 Å². The first-order valence-corrected chi connectivity index (χ1v) is 5.10. The molecule has 2 nitrogen and oxygen atoms in total. The second-order valence-corrected chi connectivity index (χ2v) is 3.57. The second-order valence-electron chi connectivity index (χ2n) is 3.57. The van der Waals surface area contributed by atoms with E-state index in [1.165, 1.54) is 5.56 Å². The van der Waals surface area contributed by atoms with Gasteiger partial charge in [0.05, 0.1) is 6.61 Å². The fourth-order valence-electron chi connectivity index (χ4n) is 1.30. The molecular weight excluding hydrogens is 176 g/mol. The summed E-state index contributed by atoms with van der Waals surface area (Å²) in [5.74, 6) is 0.706. The number of benzene rings is 1. The van der Waals surface area contributed by atoms with Crippen molar-refractivity contribution in [3.05, 3.63) is 29.8 Å². The van der Waals surface area contributed by atoms with Crippen molar-refractivity contribution in [3.63, 3.8) is 0 Å². The zero-order valence-electron chi connectivity index (χ0n) is 8.86. The van der Waals surface area contributed by atoms with Crippen LogP contribution in [0.1, 0.15) is 31.7 Å². The molecule has 1 atom stereocenters. The molecule has 0 fully saturated rings. The molecule has 0 saturated carbocycles. The molecule has 0 aliphatic carbocycles. The van der Waals surface area contributed by atoms with Crippen LogP contribution in [0.5, 0.6) is 5.75 Å². The van der Waals surface area contributed by atoms with E-state index in [4.69, 9.17) is 9.84 Å². The highest BCUT2D eigenvalue weighted by molar-refractivity contribution is 5.27. The Kier molecular flexibility index (Phi) is 4.47. The molecule has 0 aromatic heterocycles. The predicted molar refractivity (Wildman–Crippen MR) is 57.6 cm³/mol. The summed E-state index contributed by atoms with van der Waals surface area (Å²) in [6, 6.07) is 7.31. The molecule has 2 heteroatoms. The molecule has 0 bridgehead atoms. The molecule has 0 amide bonds. The topological polar surface area (TPSA) is 29.5 Å². The first-order valence-electron chi connectivity index (χ1n) is 5.10. The molecule has 0 heterocycles. The highest BCUT2D eigenvalue weighted by Crippen LogP contribution is 2.18. The number of hydrogen-bond acceptors (Lipinski definition) is 2. The van der Waals surface area contributed by atoms with Crippen LogP contribution in [0, 0.1) is 0 Å². The molecule has 1 N–H and O–H groups in total. The summed E-state index contributed by atoms with van der Waals surface area (Å²) in [4.78, 5) is 0. The number of aromatic hydroxyl groups is 1. The van der Waals surface area contributed by atoms with Crippen molar-refractivity contribution < 1.29 is 9.84 Å². The van der Waals surface area contributed by atoms with Crippen molar-refractivity contribution in [1.82, 2.24) is 0 Å². The number of phenolic OH excluding ortho intramolecular Hbond substituents is 1. The smallest absolute Gasteiger partial charge is 0.115 e. The van der Waals surface area contributed by atoms with Crippen molar-refractivity contribution in [2.45, 2.75) is 26.2 Å². The Morgan fingerprint density at radius 1 is 1.29 bits per heavy atom. The van der Waals surface area contributed by atoms with Crippen LogP contribution in [0.3, 0.4) is 0 Å². The summed E-state index contributed by atoms with van der Waals surface area (Å²) in [6.45, 7) is 5.80. The standard InChI is InChI=1S/C12H18O2/c1-3-8-14-9-10(2)11-4-6-12(13)7-5-11/h4-7,10,13H,3,8-9H2,1-2H3. The molecule has 1 aromatic rings. The van der Waals surface area contributed by atoms with E-state index in [1.54, 1.807) is 12.1 Å². The van der Waals surface area contributed by atoms with Gasteiger partial charge in [0.25, 0.3) is 0 Å². The van der Waals surface area contributed by atoms with Gasteiger partial charge in [-0.1, -0.05) is 26.0 Å². The van der Waals surface area contributed by atoms with Crippen molar-refractivity contribution in [2.24, 2.45) is 0 Å². The Balaban J connectivity index is 2.43. The average molecular weight is 194 g/mol. The predicted octanol–water partition coefficient (Wildman–Crippen LogP) is 2.92. The van der Waals surface area contributed by atoms with Crippen LogP contribution in [-0.2, 0) is 4.74 Å². The van der Waals surface area contributed by atoms with E-state index in [0.29, 0.717) is 11.7 Å². The molecule has 0 aliphatic heterocycles. The Morgan fingerprint density at radius 2 is 1.93 bits per heavy atom. The Hall–Kier alpha value is -1.02. The van der Waals surface area contributed by atoms with Gasteiger partial charge >= 0.3 is 0 Å². The van der Waals surface area contributed by atoms with Gasteiger partial charge in [0.15, 0.2) is 0 Å². The maximum atomic E-state index is 9.12. The van der Waals surface area contributed by atoms with Crippen LogP contribution in [0.25, 0.3) is 0 Å². The molecule has 1 aromatic carbocycles. The Morgan fingerprint density at radius 3 is 2.50 bits per heavy atom. The summed E-state index contributed by atoms with van der Waals surface area (Å²) in [7, 11) is 0. The molecule has 78 valence electrons. The summed E-state index contributed by atoms with van der Waals surface area (Å²) >= 11 is 0. The molecule has 1 rings (SSSR count). The molecule has 0 spiro atoms. The summed E-state index contributed by atoms with van der Waals surface area (Å²) in [5.41, 5.74) is 1.21. The van der Waals surface area contributed by atoms with Crippen molar-refractivity contribution in [2.75, 3.05) is 13.2 Å². The highest BCUT2D eigenvalue weighted by Gasteiger charge is 2.04. The molecule has 14 heavy (non-hydrogen) atoms. The summed E-state index contributed by atoms with van der Waals surface area (Å²) < 4.78 is 5.47. The SMILES string of the molecule is CCCOCC(C)c1ccc(O)cc1. The summed E-state index contributed by atoms with van der Waals surface area (Å²) in [5, 5.41) is 9.12. The third-order valence-electron chi connectivity index (χ3n) is 2.18. The van der Waals surface area contributed by atoms with Crippen LogP contribution in [0.4, 0.5) is 0 Å². The normalized spacial score (nSPS) is 12.7. The molecule has 1 unspecified atom stereocenters. The lowest BCUT2D eigenvalue weighted by Gasteiger charge is -2.11. The van der Waals surface area contributed by atoms with Crippen molar-refractivity contribution in [3.8, 4) is 5.75 Å². The van der Waals surface area contributed by atoms with E-state index in [0.717, 1.165) is 19.6 Å². The molecule has 0 aliphatic rings. The number of rotatable bonds is 5. The van der Waals surface area contributed by atoms with Crippen molar-refractivity contribution >= 4 is 0 Å². The van der Waals surface area contributed by atoms with Gasteiger partial charge in [0, 0.05) is 12.5 Å². The zero-order chi connectivity index (χ0) is 10.4. The number of phenols is 1. The Labute approximate surface area is 85.5 Å². The Bertz CT molecular complexity index is 254. The van der Waals surface area contributed by atoms with E-state index in [-0.39, 0.29) is 0 Å². The summed E-state index contributed by atoms with van der Waals surface area (Å²) in [6.07, 6.45) is 1.06. The van der Waals surface area contributed by atoms with Gasteiger partial charge in [-0.2, -0.15) is 0 Å². The molecule has 0 saturated heterocycles. The third kappa shape index (κ3) is 3.38. The highest BCUT2D eigenvalue weighted by atomic mass is 16.5. The lowest BCUT2D eigenvalue weighted by atomic mass is 10.0. The van der Waals surface area contributed by atoms with E-state index in [1.807, 2.05) is 12.1 Å². The van der Waals surface area contributed by atoms with E-state index < -0.39 is 0 Å². The first-order chi connectivity index (χ1) is 6.74. The quantitative estimate of drug-likeness (QED) is 0.730. The van der Waals surface area contributed by atoms with E-state index >= 15 is 0 Å². The van der Waals surface area contributed by atoms with Crippen LogP contribution < -0.4 is 0 Å². The fraction of sp³-hybridized carbons (Fsp3) is 0.500. The molecule has 0 radical (unpaired) electrons. The number of hydrogen-bond donors (Lipinski definition) is 1. The molecular formula is C12H18O2. The minimum absolute atomic E-state index is 0.315. The van der Waals surface area contributed by atoms with Gasteiger partial charge in [-0.25, -0.2) is 0 Å². The van der Waals surface area contributed by atoms with Gasteiger partial charge in [-0.15, -0.1) is 0 Å². The number of ether oxygens (including phenoxy) is 1. The van der Waals surface area contributed by atoms with Crippen molar-refractivity contribution in [1.29, 1.82) is 0 Å². The monoisotopic (exact) mass is 194 g/mol. The maximum absolute atomic E-state index is 9.12. The van der Waals surface area contributed by atoms with Gasteiger partial charge in [0.1, 0.15) is 5.75 Å². The van der Waals surface area contributed by atoms with Gasteiger partial charge in [-0.3, -0.25) is 0 Å². The van der Waals surface area contributed by atoms with Crippen LogP contribution in [-0.4, -0.2) is 18.3 Å². The minimum atomic E-state index is 0.315. The lowest BCUT2D eigenvalue weighted by Crippen LogP contribution is -2.04. The average Bonchev–Trinajstić information content (AvgIpc) is 2.19. The van der Waals surface area contributed by atoms with Crippen LogP contribution in [0.2, 0.25) is 0 Å². The van der Waals surface area contributed by atoms with Gasteiger partial charge in [-0.05, 0) is 24.1 Å². The van der Waals surface area contributed by atoms with Crippen LogP contribution >= 0.6 is 0 Å².